The van der Waals surface area contributed by atoms with E-state index in [2.05, 4.69) is 0 Å². The summed E-state index contributed by atoms with van der Waals surface area (Å²) in [5.41, 5.74) is 2.35. The van der Waals surface area contributed by atoms with Gasteiger partial charge in [0.1, 0.15) is 18.1 Å². The number of aromatic nitrogens is 2. The molecule has 2 aromatic carbocycles. The van der Waals surface area contributed by atoms with Crippen molar-refractivity contribution in [3.05, 3.63) is 53.3 Å². The monoisotopic (exact) mass is 468 g/mol. The normalized spacial score (nSPS) is 18.8. The van der Waals surface area contributed by atoms with Gasteiger partial charge < -0.3 is 23.8 Å². The minimum absolute atomic E-state index is 0.0281. The highest BCUT2D eigenvalue weighted by atomic mass is 35.5. The fourth-order valence-electron chi connectivity index (χ4n) is 4.61. The first-order chi connectivity index (χ1) is 16.0. The van der Waals surface area contributed by atoms with E-state index in [-0.39, 0.29) is 24.3 Å². The van der Waals surface area contributed by atoms with Gasteiger partial charge in [-0.15, -0.1) is 0 Å². The summed E-state index contributed by atoms with van der Waals surface area (Å²) in [6, 6.07) is 13.0. The Kier molecular flexibility index (Phi) is 5.95. The fourth-order valence-corrected chi connectivity index (χ4v) is 4.77. The second kappa shape index (κ2) is 9.03. The molecule has 3 heterocycles. The van der Waals surface area contributed by atoms with Crippen molar-refractivity contribution in [1.82, 2.24) is 14.5 Å². The molecule has 2 saturated heterocycles. The minimum Gasteiger partial charge on any atom is -0.495 e. The molecule has 2 aliphatic rings. The summed E-state index contributed by atoms with van der Waals surface area (Å²) in [6.07, 6.45) is 0.296. The number of hydrogen-bond acceptors (Lipinski definition) is 5. The molecule has 1 atom stereocenters. The van der Waals surface area contributed by atoms with Gasteiger partial charge in [-0.2, -0.15) is 0 Å². The number of hydrogen-bond donors (Lipinski definition) is 0. The smallest absolute Gasteiger partial charge is 0.242 e. The zero-order chi connectivity index (χ0) is 22.9. The Morgan fingerprint density at radius 1 is 1.21 bits per heavy atom. The fraction of sp³-hybridized carbons (Fsp3) is 0.375. The Balaban J connectivity index is 1.47. The second-order valence-electron chi connectivity index (χ2n) is 8.26. The minimum atomic E-state index is -0.161. The Morgan fingerprint density at radius 2 is 2.00 bits per heavy atom. The number of imidazole rings is 1. The molecule has 2 fully saturated rings. The number of nitrogens with zero attached hydrogens (tertiary/aromatic N) is 4. The number of ether oxygens (including phenoxy) is 2. The average Bonchev–Trinajstić information content (AvgIpc) is 3.40. The number of amides is 2. The number of methoxy groups -OCH3 is 1. The van der Waals surface area contributed by atoms with Crippen LogP contribution in [0, 0.1) is 0 Å². The highest BCUT2D eigenvalue weighted by Gasteiger charge is 2.36. The van der Waals surface area contributed by atoms with Gasteiger partial charge in [0, 0.05) is 37.0 Å². The number of para-hydroxylation sites is 2. The number of benzene rings is 2. The summed E-state index contributed by atoms with van der Waals surface area (Å²) in [7, 11) is 1.57. The van der Waals surface area contributed by atoms with Crippen molar-refractivity contribution in [3.8, 4) is 5.75 Å². The van der Waals surface area contributed by atoms with Gasteiger partial charge >= 0.3 is 0 Å². The lowest BCUT2D eigenvalue weighted by Gasteiger charge is -2.27. The summed E-state index contributed by atoms with van der Waals surface area (Å²) < 4.78 is 12.8. The van der Waals surface area contributed by atoms with E-state index in [4.69, 9.17) is 26.1 Å². The van der Waals surface area contributed by atoms with Crippen LogP contribution in [0.1, 0.15) is 18.2 Å². The third kappa shape index (κ3) is 4.16. The second-order valence-corrected chi connectivity index (χ2v) is 8.70. The van der Waals surface area contributed by atoms with Crippen LogP contribution < -0.4 is 9.64 Å². The molecule has 0 N–H and O–H groups in total. The number of carbonyl (C=O) groups excluding carboxylic acids is 2. The summed E-state index contributed by atoms with van der Waals surface area (Å²) >= 11 is 6.20. The van der Waals surface area contributed by atoms with Crippen molar-refractivity contribution in [2.45, 2.75) is 18.9 Å². The zero-order valence-electron chi connectivity index (χ0n) is 18.4. The van der Waals surface area contributed by atoms with Gasteiger partial charge in [-0.1, -0.05) is 23.7 Å². The summed E-state index contributed by atoms with van der Waals surface area (Å²) in [5, 5.41) is 0.533. The van der Waals surface area contributed by atoms with Crippen molar-refractivity contribution in [2.24, 2.45) is 0 Å². The zero-order valence-corrected chi connectivity index (χ0v) is 19.1. The molecule has 3 aromatic rings. The van der Waals surface area contributed by atoms with Crippen LogP contribution >= 0.6 is 11.6 Å². The molecule has 33 heavy (non-hydrogen) atoms. The van der Waals surface area contributed by atoms with E-state index >= 15 is 0 Å². The van der Waals surface area contributed by atoms with Crippen LogP contribution in [-0.2, 0) is 20.9 Å². The van der Waals surface area contributed by atoms with Crippen LogP contribution in [0.3, 0.4) is 0 Å². The van der Waals surface area contributed by atoms with Crippen molar-refractivity contribution in [2.75, 3.05) is 44.9 Å². The summed E-state index contributed by atoms with van der Waals surface area (Å²) in [5.74, 6) is 1.17. The molecule has 9 heteroatoms. The van der Waals surface area contributed by atoms with Crippen LogP contribution in [0.15, 0.2) is 42.5 Å². The molecule has 2 amide bonds. The predicted molar refractivity (Wildman–Crippen MR) is 125 cm³/mol. The first-order valence-corrected chi connectivity index (χ1v) is 11.4. The lowest BCUT2D eigenvalue weighted by molar-refractivity contribution is -0.135. The van der Waals surface area contributed by atoms with Crippen LogP contribution in [0.4, 0.5) is 5.69 Å². The molecule has 0 saturated carbocycles. The van der Waals surface area contributed by atoms with Crippen LogP contribution in [0.2, 0.25) is 5.02 Å². The van der Waals surface area contributed by atoms with Gasteiger partial charge in [0.2, 0.25) is 11.8 Å². The van der Waals surface area contributed by atoms with E-state index in [0.29, 0.717) is 55.7 Å². The van der Waals surface area contributed by atoms with Crippen molar-refractivity contribution >= 4 is 40.1 Å². The molecule has 0 spiro atoms. The maximum absolute atomic E-state index is 13.1. The summed E-state index contributed by atoms with van der Waals surface area (Å²) in [6.45, 7) is 2.90. The molecular weight excluding hydrogens is 444 g/mol. The van der Waals surface area contributed by atoms with Gasteiger partial charge in [-0.25, -0.2) is 4.98 Å². The van der Waals surface area contributed by atoms with E-state index in [9.17, 15) is 9.59 Å². The van der Waals surface area contributed by atoms with E-state index in [0.717, 1.165) is 16.9 Å². The lowest BCUT2D eigenvalue weighted by atomic mass is 10.1. The number of morpholine rings is 1. The largest absolute Gasteiger partial charge is 0.495 e. The average molecular weight is 469 g/mol. The van der Waals surface area contributed by atoms with Gasteiger partial charge in [-0.05, 0) is 30.3 Å². The molecule has 0 bridgehead atoms. The van der Waals surface area contributed by atoms with Crippen LogP contribution in [-0.4, -0.2) is 66.2 Å². The predicted octanol–water partition coefficient (Wildman–Crippen LogP) is 3.08. The highest BCUT2D eigenvalue weighted by molar-refractivity contribution is 6.31. The third-order valence-corrected chi connectivity index (χ3v) is 6.50. The van der Waals surface area contributed by atoms with Crippen molar-refractivity contribution in [1.29, 1.82) is 0 Å². The van der Waals surface area contributed by atoms with Gasteiger partial charge in [-0.3, -0.25) is 9.59 Å². The van der Waals surface area contributed by atoms with E-state index in [1.165, 1.54) is 0 Å². The highest BCUT2D eigenvalue weighted by Crippen LogP contribution is 2.38. The molecule has 2 aliphatic heterocycles. The van der Waals surface area contributed by atoms with Crippen molar-refractivity contribution in [3.63, 3.8) is 0 Å². The molecule has 5 rings (SSSR count). The SMILES string of the molecule is COc1ccc(Cl)cc1N1CC(c2nc3ccccc3n2CC(=O)N2CCOCC2)CC1=O. The quantitative estimate of drug-likeness (QED) is 0.575. The third-order valence-electron chi connectivity index (χ3n) is 6.26. The molecule has 172 valence electrons. The number of rotatable bonds is 5. The van der Waals surface area contributed by atoms with Crippen molar-refractivity contribution < 1.29 is 19.1 Å². The first-order valence-electron chi connectivity index (χ1n) is 11.0. The van der Waals surface area contributed by atoms with Gasteiger partial charge in [0.15, 0.2) is 0 Å². The molecule has 0 radical (unpaired) electrons. The van der Waals surface area contributed by atoms with E-state index < -0.39 is 0 Å². The Labute approximate surface area is 196 Å². The topological polar surface area (TPSA) is 76.9 Å². The Hall–Kier alpha value is -3.10. The lowest BCUT2D eigenvalue weighted by Crippen LogP contribution is -2.42. The number of fused-ring (bicyclic) bond motifs is 1. The van der Waals surface area contributed by atoms with Crippen LogP contribution in [0.5, 0.6) is 5.75 Å². The number of halogens is 1. The number of carbonyl (C=O) groups is 2. The maximum atomic E-state index is 13.1. The molecular formula is C24H25ClN4O4. The molecule has 1 unspecified atom stereocenters. The standard InChI is InChI=1S/C24H25ClN4O4/c1-32-21-7-6-17(25)13-20(21)28-14-16(12-22(28)30)24-26-18-4-2-3-5-19(18)29(24)15-23(31)27-8-10-33-11-9-27/h2-7,13,16H,8-12,14-15H2,1H3. The van der Waals surface area contributed by atoms with E-state index in [1.54, 1.807) is 30.2 Å². The van der Waals surface area contributed by atoms with Gasteiger partial charge in [0.25, 0.3) is 0 Å². The van der Waals surface area contributed by atoms with Crippen LogP contribution in [0.25, 0.3) is 11.0 Å². The van der Waals surface area contributed by atoms with Gasteiger partial charge in [0.05, 0.1) is 37.0 Å². The molecule has 8 nitrogen and oxygen atoms in total. The molecule has 0 aliphatic carbocycles. The Bertz CT molecular complexity index is 1200. The summed E-state index contributed by atoms with van der Waals surface area (Å²) in [4.78, 5) is 34.5. The van der Waals surface area contributed by atoms with E-state index in [1.807, 2.05) is 33.7 Å². The molecule has 1 aromatic heterocycles. The maximum Gasteiger partial charge on any atom is 0.242 e. The Morgan fingerprint density at radius 3 is 2.79 bits per heavy atom. The first kappa shape index (κ1) is 21.7. The number of anilines is 1.